The van der Waals surface area contributed by atoms with Crippen molar-refractivity contribution >= 4 is 11.7 Å². The fraction of sp³-hybridized carbons (Fsp3) is 0.474. The predicted octanol–water partition coefficient (Wildman–Crippen LogP) is 4.23. The number of likely N-dealkylation sites (tertiary alicyclic amines) is 1. The number of aromatic nitrogens is 2. The quantitative estimate of drug-likeness (QED) is 0.882. The molecule has 2 aromatic rings. The molecule has 1 fully saturated rings. The number of aryl methyl sites for hydroxylation is 1. The third kappa shape index (κ3) is 4.18. The summed E-state index contributed by atoms with van der Waals surface area (Å²) in [5.41, 5.74) is 0.221. The van der Waals surface area contributed by atoms with Gasteiger partial charge in [0.15, 0.2) is 0 Å². The first-order chi connectivity index (χ1) is 12.2. The van der Waals surface area contributed by atoms with Crippen LogP contribution < -0.4 is 5.32 Å². The van der Waals surface area contributed by atoms with Gasteiger partial charge in [-0.3, -0.25) is 0 Å². The first kappa shape index (κ1) is 17.5. The Morgan fingerprint density at radius 1 is 1.40 bits per heavy atom. The average Bonchev–Trinajstić information content (AvgIpc) is 3.10. The Bertz CT molecular complexity index is 715. The smallest absolute Gasteiger partial charge is 0.321 e. The summed E-state index contributed by atoms with van der Waals surface area (Å²) >= 11 is 0. The number of carbonyl (C=O) groups excluding carboxylic acids is 1. The number of rotatable bonds is 5. The van der Waals surface area contributed by atoms with Gasteiger partial charge < -0.3 is 14.8 Å². The lowest BCUT2D eigenvalue weighted by Gasteiger charge is -2.32. The number of nitrogens with one attached hydrogen (secondary N) is 1. The zero-order valence-electron chi connectivity index (χ0n) is 14.6. The predicted molar refractivity (Wildman–Crippen MR) is 96.1 cm³/mol. The van der Waals surface area contributed by atoms with Crippen LogP contribution in [0.15, 0.2) is 36.7 Å². The van der Waals surface area contributed by atoms with E-state index >= 15 is 0 Å². The highest BCUT2D eigenvalue weighted by molar-refractivity contribution is 5.89. The molecule has 5 nitrogen and oxygen atoms in total. The van der Waals surface area contributed by atoms with Gasteiger partial charge in [0.05, 0.1) is 5.69 Å². The van der Waals surface area contributed by atoms with Crippen molar-refractivity contribution in [1.29, 1.82) is 0 Å². The van der Waals surface area contributed by atoms with Crippen molar-refractivity contribution in [3.63, 3.8) is 0 Å². The summed E-state index contributed by atoms with van der Waals surface area (Å²) in [5.74, 6) is 0.864. The Balaban J connectivity index is 1.66. The lowest BCUT2D eigenvalue weighted by Crippen LogP contribution is -2.42. The molecule has 1 aromatic carbocycles. The zero-order valence-corrected chi connectivity index (χ0v) is 14.6. The Morgan fingerprint density at radius 3 is 3.04 bits per heavy atom. The fourth-order valence-corrected chi connectivity index (χ4v) is 3.33. The van der Waals surface area contributed by atoms with Crippen molar-refractivity contribution in [2.24, 2.45) is 0 Å². The minimum Gasteiger partial charge on any atom is -0.335 e. The van der Waals surface area contributed by atoms with E-state index < -0.39 is 5.82 Å². The number of anilines is 1. The van der Waals surface area contributed by atoms with Crippen molar-refractivity contribution < 1.29 is 9.18 Å². The molecule has 1 aliphatic rings. The third-order valence-corrected chi connectivity index (χ3v) is 4.69. The first-order valence-electron chi connectivity index (χ1n) is 9.00. The number of benzene rings is 1. The number of hydrogen-bond donors (Lipinski definition) is 1. The maximum atomic E-state index is 13.7. The van der Waals surface area contributed by atoms with E-state index in [1.165, 1.54) is 6.07 Å². The van der Waals surface area contributed by atoms with Crippen molar-refractivity contribution in [3.05, 3.63) is 48.3 Å². The molecule has 1 aliphatic heterocycles. The SMILES string of the molecule is CCCCn1ccnc1[C@@H]1CCCN(C(=O)Nc2ccccc2F)C1. The van der Waals surface area contributed by atoms with Gasteiger partial charge in [0, 0.05) is 37.9 Å². The molecular formula is C19H25FN4O. The standard InChI is InChI=1S/C19H25FN4O/c1-2-3-11-23-13-10-21-18(23)15-7-6-12-24(14-15)19(25)22-17-9-5-4-8-16(17)20/h4-5,8-10,13,15H,2-3,6-7,11-12,14H2,1H3,(H,22,25)/t15-/m1/s1. The number of carbonyl (C=O) groups is 1. The highest BCUT2D eigenvalue weighted by Crippen LogP contribution is 2.26. The summed E-state index contributed by atoms with van der Waals surface area (Å²) < 4.78 is 15.9. The monoisotopic (exact) mass is 344 g/mol. The average molecular weight is 344 g/mol. The maximum Gasteiger partial charge on any atom is 0.321 e. The molecule has 134 valence electrons. The molecule has 1 aromatic heterocycles. The molecule has 0 unspecified atom stereocenters. The Kier molecular flexibility index (Phi) is 5.68. The zero-order chi connectivity index (χ0) is 17.6. The van der Waals surface area contributed by atoms with Gasteiger partial charge in [-0.1, -0.05) is 25.5 Å². The summed E-state index contributed by atoms with van der Waals surface area (Å²) in [6, 6.07) is 5.99. The number of halogens is 1. The fourth-order valence-electron chi connectivity index (χ4n) is 3.33. The molecular weight excluding hydrogens is 319 g/mol. The van der Waals surface area contributed by atoms with E-state index in [9.17, 15) is 9.18 Å². The van der Waals surface area contributed by atoms with Gasteiger partial charge in [0.2, 0.25) is 0 Å². The molecule has 2 heterocycles. The van der Waals surface area contributed by atoms with Gasteiger partial charge in [0.25, 0.3) is 0 Å². The van der Waals surface area contributed by atoms with Crippen LogP contribution in [0.1, 0.15) is 44.3 Å². The summed E-state index contributed by atoms with van der Waals surface area (Å²) in [6.45, 7) is 4.44. The number of amides is 2. The van der Waals surface area contributed by atoms with Crippen LogP contribution in [0.25, 0.3) is 0 Å². The molecule has 1 atom stereocenters. The van der Waals surface area contributed by atoms with Crippen LogP contribution in [0.2, 0.25) is 0 Å². The van der Waals surface area contributed by atoms with Crippen LogP contribution in [0.4, 0.5) is 14.9 Å². The van der Waals surface area contributed by atoms with E-state index in [-0.39, 0.29) is 17.6 Å². The van der Waals surface area contributed by atoms with E-state index in [1.807, 2.05) is 12.4 Å². The summed E-state index contributed by atoms with van der Waals surface area (Å²) in [5, 5.41) is 2.68. The van der Waals surface area contributed by atoms with Crippen LogP contribution in [-0.2, 0) is 6.54 Å². The second-order valence-corrected chi connectivity index (χ2v) is 6.53. The molecule has 25 heavy (non-hydrogen) atoms. The van der Waals surface area contributed by atoms with E-state index in [0.29, 0.717) is 13.1 Å². The van der Waals surface area contributed by atoms with E-state index in [4.69, 9.17) is 0 Å². The lowest BCUT2D eigenvalue weighted by atomic mass is 9.97. The number of imidazole rings is 1. The van der Waals surface area contributed by atoms with Gasteiger partial charge >= 0.3 is 6.03 Å². The van der Waals surface area contributed by atoms with Crippen molar-refractivity contribution in [2.75, 3.05) is 18.4 Å². The van der Waals surface area contributed by atoms with E-state index in [0.717, 1.165) is 38.1 Å². The molecule has 6 heteroatoms. The number of urea groups is 1. The van der Waals surface area contributed by atoms with Gasteiger partial charge in [0.1, 0.15) is 11.6 Å². The van der Waals surface area contributed by atoms with Crippen molar-refractivity contribution in [1.82, 2.24) is 14.5 Å². The summed E-state index contributed by atoms with van der Waals surface area (Å²) in [4.78, 5) is 18.8. The highest BCUT2D eigenvalue weighted by atomic mass is 19.1. The number of piperidine rings is 1. The van der Waals surface area contributed by atoms with E-state index in [1.54, 1.807) is 23.1 Å². The Morgan fingerprint density at radius 2 is 2.24 bits per heavy atom. The van der Waals surface area contributed by atoms with Crippen molar-refractivity contribution in [3.8, 4) is 0 Å². The van der Waals surface area contributed by atoms with Crippen LogP contribution in [-0.4, -0.2) is 33.6 Å². The number of hydrogen-bond acceptors (Lipinski definition) is 2. The molecule has 0 spiro atoms. The number of para-hydroxylation sites is 1. The number of unbranched alkanes of at least 4 members (excludes halogenated alkanes) is 1. The van der Waals surface area contributed by atoms with Crippen LogP contribution in [0.3, 0.4) is 0 Å². The lowest BCUT2D eigenvalue weighted by molar-refractivity contribution is 0.190. The van der Waals surface area contributed by atoms with Gasteiger partial charge in [-0.15, -0.1) is 0 Å². The van der Waals surface area contributed by atoms with Crippen LogP contribution >= 0.6 is 0 Å². The third-order valence-electron chi connectivity index (χ3n) is 4.69. The molecule has 0 bridgehead atoms. The maximum absolute atomic E-state index is 13.7. The van der Waals surface area contributed by atoms with Gasteiger partial charge in [-0.2, -0.15) is 0 Å². The molecule has 0 saturated carbocycles. The minimum absolute atomic E-state index is 0.221. The topological polar surface area (TPSA) is 50.2 Å². The molecule has 2 amide bonds. The Labute approximate surface area is 147 Å². The summed E-state index contributed by atoms with van der Waals surface area (Å²) in [7, 11) is 0. The molecule has 3 rings (SSSR count). The second-order valence-electron chi connectivity index (χ2n) is 6.53. The van der Waals surface area contributed by atoms with E-state index in [2.05, 4.69) is 21.8 Å². The van der Waals surface area contributed by atoms with Crippen LogP contribution in [0.5, 0.6) is 0 Å². The van der Waals surface area contributed by atoms with Crippen LogP contribution in [0, 0.1) is 5.82 Å². The van der Waals surface area contributed by atoms with Gasteiger partial charge in [-0.25, -0.2) is 14.2 Å². The largest absolute Gasteiger partial charge is 0.335 e. The second kappa shape index (κ2) is 8.14. The normalized spacial score (nSPS) is 17.5. The Hall–Kier alpha value is -2.37. The highest BCUT2D eigenvalue weighted by Gasteiger charge is 2.27. The van der Waals surface area contributed by atoms with Crippen molar-refractivity contribution in [2.45, 2.75) is 45.1 Å². The molecule has 0 aliphatic carbocycles. The molecule has 1 N–H and O–H groups in total. The number of nitrogens with zero attached hydrogens (tertiary/aromatic N) is 3. The van der Waals surface area contributed by atoms with Gasteiger partial charge in [-0.05, 0) is 31.4 Å². The molecule has 1 saturated heterocycles. The first-order valence-corrected chi connectivity index (χ1v) is 9.00. The minimum atomic E-state index is -0.417. The summed E-state index contributed by atoms with van der Waals surface area (Å²) in [6.07, 6.45) is 8.06. The molecule has 0 radical (unpaired) electrons.